The molecule has 13 aliphatic rings. The zero-order chi connectivity index (χ0) is 57.3. The number of hydrogen-bond donors (Lipinski definition) is 0. The van der Waals surface area contributed by atoms with Crippen LogP contribution in [0, 0.1) is 0 Å². The van der Waals surface area contributed by atoms with Crippen LogP contribution in [0.1, 0.15) is 161 Å². The Kier molecular flexibility index (Phi) is 40.8. The summed E-state index contributed by atoms with van der Waals surface area (Å²) in [5.74, 6) is 0.898. The first kappa shape index (κ1) is 68.3. The van der Waals surface area contributed by atoms with Crippen LogP contribution in [0.4, 0.5) is 0 Å². The molecule has 13 rings (SSSR count). The predicted molar refractivity (Wildman–Crippen MR) is 350 cm³/mol. The van der Waals surface area contributed by atoms with E-state index in [1.54, 1.807) is 25.0 Å². The predicted octanol–water partition coefficient (Wildman–Crippen LogP) is 17.0. The monoisotopic (exact) mass is 1050 g/mol. The van der Waals surface area contributed by atoms with E-state index in [2.05, 4.69) is 198 Å². The van der Waals surface area contributed by atoms with Gasteiger partial charge in [0.15, 0.2) is 0 Å². The second-order valence-electron chi connectivity index (χ2n) is 19.0. The lowest BCUT2D eigenvalue weighted by Crippen LogP contribution is -1.87. The summed E-state index contributed by atoms with van der Waals surface area (Å²) in [5.41, 5.74) is 15.3. The van der Waals surface area contributed by atoms with Crippen LogP contribution in [0.25, 0.3) is 0 Å². The molecule has 0 amide bonds. The Labute approximate surface area is 470 Å². The van der Waals surface area contributed by atoms with Crippen LogP contribution in [0.2, 0.25) is 0 Å². The van der Waals surface area contributed by atoms with Crippen molar-refractivity contribution in [1.29, 1.82) is 0 Å². The van der Waals surface area contributed by atoms with Crippen molar-refractivity contribution in [3.8, 4) is 0 Å². The van der Waals surface area contributed by atoms with E-state index in [-0.39, 0.29) is 0 Å². The third kappa shape index (κ3) is 44.6. The van der Waals surface area contributed by atoms with Crippen molar-refractivity contribution in [2.45, 2.75) is 161 Å². The van der Waals surface area contributed by atoms with Gasteiger partial charge in [0, 0.05) is 141 Å². The molecule has 0 fully saturated rings. The van der Waals surface area contributed by atoms with Crippen molar-refractivity contribution < 1.29 is 0 Å². The van der Waals surface area contributed by atoms with Gasteiger partial charge in [-0.25, -0.2) is 9.98 Å². The first-order valence-electron chi connectivity index (χ1n) is 27.0. The van der Waals surface area contributed by atoms with E-state index < -0.39 is 0 Å². The molecule has 416 valence electrons. The van der Waals surface area contributed by atoms with Crippen molar-refractivity contribution in [3.63, 3.8) is 0 Å². The van der Waals surface area contributed by atoms with E-state index >= 15 is 0 Å². The van der Waals surface area contributed by atoms with E-state index in [0.717, 1.165) is 99.5 Å². The molecule has 9 aliphatic heterocycles. The van der Waals surface area contributed by atoms with Crippen LogP contribution in [0.3, 0.4) is 0 Å². The minimum absolute atomic E-state index is 0.784. The van der Waals surface area contributed by atoms with Gasteiger partial charge in [0.05, 0.1) is 13.1 Å². The van der Waals surface area contributed by atoms with E-state index in [4.69, 9.17) is 0 Å². The molecule has 0 N–H and O–H groups in total. The summed E-state index contributed by atoms with van der Waals surface area (Å²) in [7, 11) is 0. The Bertz CT molecular complexity index is 2130. The second kappa shape index (κ2) is 46.6. The molecule has 0 saturated carbocycles. The van der Waals surface area contributed by atoms with Crippen LogP contribution in [0.15, 0.2) is 220 Å². The summed E-state index contributed by atoms with van der Waals surface area (Å²) >= 11 is 0. The first-order chi connectivity index (χ1) is 37.6. The highest BCUT2D eigenvalue weighted by Crippen LogP contribution is 2.09. The molecule has 78 heavy (non-hydrogen) atoms. The van der Waals surface area contributed by atoms with Gasteiger partial charge in [-0.3, -0.25) is 34.9 Å². The maximum atomic E-state index is 3.97. The smallest absolute Gasteiger partial charge is 0.120 e. The van der Waals surface area contributed by atoms with Gasteiger partial charge in [-0.2, -0.15) is 20.4 Å². The summed E-state index contributed by atoms with van der Waals surface area (Å²) in [6, 6.07) is 0. The first-order valence-corrected chi connectivity index (χ1v) is 27.0. The average Bonchev–Trinajstić information content (AvgIpc) is 4.23. The molecule has 13 nitrogen and oxygen atoms in total. The number of nitrogens with zero attached hydrogens (tertiary/aromatic N) is 13. The van der Waals surface area contributed by atoms with E-state index in [1.807, 2.05) is 91.9 Å². The third-order valence-electron chi connectivity index (χ3n) is 10.6. The molecule has 9 heterocycles. The number of hydrogen-bond acceptors (Lipinski definition) is 13. The fourth-order valence-electron chi connectivity index (χ4n) is 5.95. The molecule has 0 unspecified atom stereocenters. The van der Waals surface area contributed by atoms with Crippen LogP contribution in [-0.2, 0) is 0 Å². The quantitative estimate of drug-likeness (QED) is 0.226. The maximum Gasteiger partial charge on any atom is 0.120 e. The molecule has 0 saturated heterocycles. The van der Waals surface area contributed by atoms with Crippen LogP contribution >= 0.6 is 0 Å². The van der Waals surface area contributed by atoms with Crippen LogP contribution in [0.5, 0.6) is 0 Å². The fraction of sp³-hybridized carbons (Fsp3) is 0.400. The lowest BCUT2D eigenvalue weighted by atomic mass is 10.3. The van der Waals surface area contributed by atoms with Gasteiger partial charge in [-0.1, -0.05) is 113 Å². The molecule has 0 bridgehead atoms. The second-order valence-corrected chi connectivity index (χ2v) is 19.0. The molecular weight excluding hydrogens is 963 g/mol. The summed E-state index contributed by atoms with van der Waals surface area (Å²) < 4.78 is 0. The Balaban J connectivity index is 0.000000422. The van der Waals surface area contributed by atoms with Gasteiger partial charge in [-0.15, -0.1) is 0 Å². The standard InChI is InChI=1S/4C6H8.5C5H7N.4C4H6N2/c4*1-6-4-2-3-5-6;2*1-5-2-3-6-4-5;3*1-5-3-2-4-6-5;1-4-2-5-3-6-4;1-4-5-2-3-6-4;2*1-4-2-3-5-6-4/h2*2,4-5H,3H2,1H3;2*2-4H,5H2,1H3;3*3-4H,2H2,1H3;2*2,4H,3H2,1H3;3H,2H2,1H3;2H,3H2,1H3;2*3H,2H2,1H3. The maximum absolute atomic E-state index is 3.97. The topological polar surface area (TPSA) is 161 Å². The Morgan fingerprint density at radius 1 is 0.397 bits per heavy atom. The summed E-state index contributed by atoms with van der Waals surface area (Å²) in [6.07, 6.45) is 64.0. The Morgan fingerprint density at radius 3 is 1.01 bits per heavy atom. The van der Waals surface area contributed by atoms with E-state index in [1.165, 1.54) is 57.7 Å². The number of aliphatic imine (C=N–C) groups is 9. The minimum Gasteiger partial charge on any atom is -0.269 e. The van der Waals surface area contributed by atoms with E-state index in [0.29, 0.717) is 0 Å². The lowest BCUT2D eigenvalue weighted by Gasteiger charge is -1.78. The molecular formula is C65H91N13. The molecule has 0 aromatic heterocycles. The van der Waals surface area contributed by atoms with Crippen LogP contribution in [-0.4, -0.2) is 91.1 Å². The zero-order valence-corrected chi connectivity index (χ0v) is 49.5. The Morgan fingerprint density at radius 2 is 0.910 bits per heavy atom. The molecule has 0 atom stereocenters. The highest BCUT2D eigenvalue weighted by molar-refractivity contribution is 5.97. The number of allylic oxidation sites excluding steroid dienone is 22. The third-order valence-corrected chi connectivity index (χ3v) is 10.6. The molecule has 13 heteroatoms. The largest absolute Gasteiger partial charge is 0.269 e. The minimum atomic E-state index is 0.784. The highest BCUT2D eigenvalue weighted by atomic mass is 15.2. The van der Waals surface area contributed by atoms with Gasteiger partial charge < -0.3 is 0 Å². The Hall–Kier alpha value is -7.67. The van der Waals surface area contributed by atoms with Crippen molar-refractivity contribution in [2.75, 3.05) is 13.1 Å². The van der Waals surface area contributed by atoms with Crippen molar-refractivity contribution >= 4 is 78.0 Å². The normalized spacial score (nSPS) is 18.5. The van der Waals surface area contributed by atoms with Gasteiger partial charge in [0.25, 0.3) is 0 Å². The zero-order valence-electron chi connectivity index (χ0n) is 49.5. The molecule has 0 spiro atoms. The fourth-order valence-corrected chi connectivity index (χ4v) is 5.95. The van der Waals surface area contributed by atoms with E-state index in [9.17, 15) is 0 Å². The number of rotatable bonds is 0. The summed E-state index contributed by atoms with van der Waals surface area (Å²) in [6.45, 7) is 28.1. The van der Waals surface area contributed by atoms with Crippen LogP contribution < -0.4 is 0 Å². The van der Waals surface area contributed by atoms with Crippen molar-refractivity contribution in [3.05, 3.63) is 155 Å². The molecule has 0 aromatic rings. The summed E-state index contributed by atoms with van der Waals surface area (Å²) in [5, 5.41) is 14.7. The van der Waals surface area contributed by atoms with Crippen molar-refractivity contribution in [2.24, 2.45) is 65.3 Å². The van der Waals surface area contributed by atoms with Gasteiger partial charge in [0.1, 0.15) is 12.2 Å². The summed E-state index contributed by atoms with van der Waals surface area (Å²) in [4.78, 5) is 35.2. The van der Waals surface area contributed by atoms with Gasteiger partial charge in [-0.05, 0) is 127 Å². The highest BCUT2D eigenvalue weighted by Gasteiger charge is 1.94. The number of amidine groups is 1. The van der Waals surface area contributed by atoms with Gasteiger partial charge >= 0.3 is 0 Å². The van der Waals surface area contributed by atoms with Gasteiger partial charge in [0.2, 0.25) is 0 Å². The lowest BCUT2D eigenvalue weighted by molar-refractivity contribution is 1.25. The average molecular weight is 1050 g/mol. The molecule has 4 aliphatic carbocycles. The molecule has 0 radical (unpaired) electrons. The molecule has 0 aromatic carbocycles. The van der Waals surface area contributed by atoms with Crippen molar-refractivity contribution in [1.82, 2.24) is 0 Å². The SMILES string of the molecule is CC1=CC=CC1.CC1=CC=CC1.CC1=CCC=C1.CC1=CCC=C1.CC1=CCC=N1.CC1=CN=CC1.CC1=CN=CC1.CC1=NC=CC1.CC1=NC=CC1.CC1=NC=NC1.CC1=NCC=N1.CC1=NN=CC1.CC1=NN=CC1.